The van der Waals surface area contributed by atoms with Crippen LogP contribution in [0.2, 0.25) is 0 Å². The Morgan fingerprint density at radius 2 is 2.45 bits per heavy atom. The van der Waals surface area contributed by atoms with Crippen molar-refractivity contribution in [3.05, 3.63) is 18.5 Å². The molecular weight excluding hydrogens is 140 g/mol. The molecule has 1 heterocycles. The quantitative estimate of drug-likeness (QED) is 0.713. The third-order valence-corrected chi connectivity index (χ3v) is 1.35. The van der Waals surface area contributed by atoms with Crippen LogP contribution in [0, 0.1) is 0 Å². The van der Waals surface area contributed by atoms with Gasteiger partial charge in [-0.25, -0.2) is 0 Å². The van der Waals surface area contributed by atoms with E-state index in [4.69, 9.17) is 4.74 Å². The van der Waals surface area contributed by atoms with E-state index in [1.807, 2.05) is 20.0 Å². The van der Waals surface area contributed by atoms with Crippen LogP contribution in [0.25, 0.3) is 0 Å². The molecule has 0 atom stereocenters. The second-order valence-electron chi connectivity index (χ2n) is 2.05. The average molecular weight is 152 g/mol. The number of ether oxygens (including phenoxy) is 1. The van der Waals surface area contributed by atoms with Crippen molar-refractivity contribution < 1.29 is 4.74 Å². The fraction of sp³-hybridized carbons (Fsp3) is 0.375. The van der Waals surface area contributed by atoms with Gasteiger partial charge < -0.3 is 10.1 Å². The lowest BCUT2D eigenvalue weighted by Gasteiger charge is -2.07. The van der Waals surface area contributed by atoms with Crippen molar-refractivity contribution in [3.63, 3.8) is 0 Å². The van der Waals surface area contributed by atoms with Gasteiger partial charge in [0.15, 0.2) is 5.75 Å². The zero-order valence-electron chi connectivity index (χ0n) is 6.79. The molecule has 0 aromatic carbocycles. The van der Waals surface area contributed by atoms with Crippen LogP contribution in [-0.2, 0) is 0 Å². The van der Waals surface area contributed by atoms with Gasteiger partial charge in [0, 0.05) is 13.2 Å². The van der Waals surface area contributed by atoms with E-state index in [0.717, 1.165) is 11.4 Å². The minimum atomic E-state index is 0.667. The van der Waals surface area contributed by atoms with Crippen LogP contribution in [0.1, 0.15) is 6.92 Å². The van der Waals surface area contributed by atoms with Gasteiger partial charge in [-0.1, -0.05) is 0 Å². The standard InChI is InChI=1S/C8H12N2O/c1-3-11-8-6-10-5-4-7(8)9-2/h4-6H,3H2,1-2H3,(H,9,10). The summed E-state index contributed by atoms with van der Waals surface area (Å²) in [6.07, 6.45) is 3.43. The van der Waals surface area contributed by atoms with Gasteiger partial charge in [0.2, 0.25) is 0 Å². The predicted octanol–water partition coefficient (Wildman–Crippen LogP) is 1.52. The van der Waals surface area contributed by atoms with E-state index in [1.165, 1.54) is 0 Å². The number of rotatable bonds is 3. The SMILES string of the molecule is CCOc1cnccc1NC. The summed E-state index contributed by atoms with van der Waals surface area (Å²) in [6, 6.07) is 1.88. The molecule has 0 amide bonds. The fourth-order valence-corrected chi connectivity index (χ4v) is 0.857. The highest BCUT2D eigenvalue weighted by Crippen LogP contribution is 2.20. The van der Waals surface area contributed by atoms with Crippen LogP contribution >= 0.6 is 0 Å². The van der Waals surface area contributed by atoms with Gasteiger partial charge in [-0.15, -0.1) is 0 Å². The predicted molar refractivity (Wildman–Crippen MR) is 45.0 cm³/mol. The highest BCUT2D eigenvalue weighted by molar-refractivity contribution is 5.53. The van der Waals surface area contributed by atoms with Gasteiger partial charge in [0.25, 0.3) is 0 Å². The van der Waals surface area contributed by atoms with Crippen molar-refractivity contribution >= 4 is 5.69 Å². The maximum atomic E-state index is 5.30. The zero-order valence-corrected chi connectivity index (χ0v) is 6.79. The van der Waals surface area contributed by atoms with Crippen molar-refractivity contribution in [2.45, 2.75) is 6.92 Å². The number of pyridine rings is 1. The fourth-order valence-electron chi connectivity index (χ4n) is 0.857. The summed E-state index contributed by atoms with van der Waals surface area (Å²) in [5, 5.41) is 3.02. The maximum absolute atomic E-state index is 5.30. The Morgan fingerprint density at radius 1 is 1.64 bits per heavy atom. The summed E-state index contributed by atoms with van der Waals surface area (Å²) >= 11 is 0. The molecule has 60 valence electrons. The van der Waals surface area contributed by atoms with Crippen LogP contribution in [0.15, 0.2) is 18.5 Å². The molecule has 1 aromatic heterocycles. The molecule has 3 heteroatoms. The van der Waals surface area contributed by atoms with Gasteiger partial charge in [-0.05, 0) is 13.0 Å². The minimum absolute atomic E-state index is 0.667. The second kappa shape index (κ2) is 3.81. The van der Waals surface area contributed by atoms with Crippen LogP contribution in [0.4, 0.5) is 5.69 Å². The van der Waals surface area contributed by atoms with E-state index in [-0.39, 0.29) is 0 Å². The third kappa shape index (κ3) is 1.83. The van der Waals surface area contributed by atoms with Crippen LogP contribution in [-0.4, -0.2) is 18.6 Å². The Labute approximate surface area is 66.4 Å². The summed E-state index contributed by atoms with van der Waals surface area (Å²) < 4.78 is 5.30. The summed E-state index contributed by atoms with van der Waals surface area (Å²) in [6.45, 7) is 2.62. The van der Waals surface area contributed by atoms with Crippen molar-refractivity contribution in [3.8, 4) is 5.75 Å². The molecule has 0 fully saturated rings. The lowest BCUT2D eigenvalue weighted by molar-refractivity contribution is 0.340. The molecule has 11 heavy (non-hydrogen) atoms. The van der Waals surface area contributed by atoms with Crippen molar-refractivity contribution in [1.29, 1.82) is 0 Å². The largest absolute Gasteiger partial charge is 0.490 e. The van der Waals surface area contributed by atoms with Gasteiger partial charge in [-0.3, -0.25) is 4.98 Å². The Kier molecular flexibility index (Phi) is 2.72. The normalized spacial score (nSPS) is 9.27. The molecule has 0 aliphatic carbocycles. The second-order valence-corrected chi connectivity index (χ2v) is 2.05. The number of hydrogen-bond acceptors (Lipinski definition) is 3. The van der Waals surface area contributed by atoms with Crippen LogP contribution < -0.4 is 10.1 Å². The number of nitrogens with zero attached hydrogens (tertiary/aromatic N) is 1. The molecule has 0 aliphatic heterocycles. The molecule has 3 nitrogen and oxygen atoms in total. The highest BCUT2D eigenvalue weighted by Gasteiger charge is 1.98. The molecule has 1 rings (SSSR count). The molecular formula is C8H12N2O. The number of nitrogens with one attached hydrogen (secondary N) is 1. The number of aromatic nitrogens is 1. The van der Waals surface area contributed by atoms with Crippen LogP contribution in [0.3, 0.4) is 0 Å². The molecule has 0 bridgehead atoms. The van der Waals surface area contributed by atoms with E-state index < -0.39 is 0 Å². The van der Waals surface area contributed by atoms with E-state index in [1.54, 1.807) is 12.4 Å². The van der Waals surface area contributed by atoms with Gasteiger partial charge in [0.1, 0.15) is 0 Å². The summed E-state index contributed by atoms with van der Waals surface area (Å²) in [5.41, 5.74) is 0.974. The van der Waals surface area contributed by atoms with Gasteiger partial charge in [-0.2, -0.15) is 0 Å². The number of hydrogen-bond donors (Lipinski definition) is 1. The van der Waals surface area contributed by atoms with Crippen molar-refractivity contribution in [1.82, 2.24) is 4.98 Å². The molecule has 0 saturated carbocycles. The third-order valence-electron chi connectivity index (χ3n) is 1.35. The molecule has 1 aromatic rings. The Balaban J connectivity index is 2.83. The molecule has 0 aliphatic rings. The lowest BCUT2D eigenvalue weighted by Crippen LogP contribution is -1.97. The smallest absolute Gasteiger partial charge is 0.160 e. The average Bonchev–Trinajstić information content (AvgIpc) is 2.06. The highest BCUT2D eigenvalue weighted by atomic mass is 16.5. The van der Waals surface area contributed by atoms with Gasteiger partial charge in [0.05, 0.1) is 18.5 Å². The Hall–Kier alpha value is -1.25. The lowest BCUT2D eigenvalue weighted by atomic mass is 10.4. The first-order valence-electron chi connectivity index (χ1n) is 3.63. The molecule has 1 N–H and O–H groups in total. The van der Waals surface area contributed by atoms with Crippen LogP contribution in [0.5, 0.6) is 5.75 Å². The Bertz CT molecular complexity index is 225. The van der Waals surface area contributed by atoms with Crippen molar-refractivity contribution in [2.75, 3.05) is 19.0 Å². The molecule has 0 spiro atoms. The number of anilines is 1. The topological polar surface area (TPSA) is 34.1 Å². The summed E-state index contributed by atoms with van der Waals surface area (Å²) in [7, 11) is 1.86. The maximum Gasteiger partial charge on any atom is 0.160 e. The first kappa shape index (κ1) is 7.85. The minimum Gasteiger partial charge on any atom is -0.490 e. The van der Waals surface area contributed by atoms with Crippen molar-refractivity contribution in [2.24, 2.45) is 0 Å². The van der Waals surface area contributed by atoms with E-state index in [2.05, 4.69) is 10.3 Å². The molecule has 0 saturated heterocycles. The Morgan fingerprint density at radius 3 is 3.09 bits per heavy atom. The zero-order chi connectivity index (χ0) is 8.10. The molecule has 0 radical (unpaired) electrons. The summed E-state index contributed by atoms with van der Waals surface area (Å²) in [5.74, 6) is 0.803. The van der Waals surface area contributed by atoms with E-state index in [9.17, 15) is 0 Å². The van der Waals surface area contributed by atoms with E-state index in [0.29, 0.717) is 6.61 Å². The van der Waals surface area contributed by atoms with E-state index >= 15 is 0 Å². The summed E-state index contributed by atoms with van der Waals surface area (Å²) in [4.78, 5) is 3.95. The van der Waals surface area contributed by atoms with Gasteiger partial charge >= 0.3 is 0 Å². The first-order valence-corrected chi connectivity index (χ1v) is 3.63. The monoisotopic (exact) mass is 152 g/mol. The first-order chi connectivity index (χ1) is 5.38. The molecule has 0 unspecified atom stereocenters.